The highest BCUT2D eigenvalue weighted by Gasteiger charge is 2.05. The molecule has 0 saturated heterocycles. The molecule has 86 valence electrons. The molecule has 5 heteroatoms. The lowest BCUT2D eigenvalue weighted by Crippen LogP contribution is -1.98. The van der Waals surface area contributed by atoms with Crippen LogP contribution >= 0.6 is 0 Å². The van der Waals surface area contributed by atoms with Gasteiger partial charge in [0.2, 0.25) is 5.88 Å². The van der Waals surface area contributed by atoms with Crippen molar-refractivity contribution in [3.05, 3.63) is 47.9 Å². The van der Waals surface area contributed by atoms with Gasteiger partial charge in [-0.3, -0.25) is 4.98 Å². The molecule has 0 saturated carbocycles. The number of aromatic nitrogens is 2. The molecule has 0 aliphatic carbocycles. The van der Waals surface area contributed by atoms with E-state index >= 15 is 0 Å². The van der Waals surface area contributed by atoms with Gasteiger partial charge >= 0.3 is 5.97 Å². The van der Waals surface area contributed by atoms with Gasteiger partial charge in [-0.2, -0.15) is 0 Å². The number of pyridine rings is 2. The predicted octanol–water partition coefficient (Wildman–Crippen LogP) is 2.28. The molecule has 5 nitrogen and oxygen atoms in total. The molecule has 0 radical (unpaired) electrons. The molecule has 0 bridgehead atoms. The molecule has 0 spiro atoms. The molecule has 0 fully saturated rings. The van der Waals surface area contributed by atoms with E-state index in [0.717, 1.165) is 5.69 Å². The van der Waals surface area contributed by atoms with Crippen molar-refractivity contribution >= 4 is 5.97 Å². The van der Waals surface area contributed by atoms with Gasteiger partial charge in [0.25, 0.3) is 0 Å². The van der Waals surface area contributed by atoms with Gasteiger partial charge in [0, 0.05) is 18.5 Å². The predicted molar refractivity (Wildman–Crippen MR) is 60.2 cm³/mol. The number of hydrogen-bond acceptors (Lipinski definition) is 4. The van der Waals surface area contributed by atoms with Crippen LogP contribution in [-0.4, -0.2) is 21.0 Å². The van der Waals surface area contributed by atoms with E-state index < -0.39 is 5.97 Å². The van der Waals surface area contributed by atoms with E-state index in [1.165, 1.54) is 18.3 Å². The lowest BCUT2D eigenvalue weighted by molar-refractivity contribution is 0.0696. The number of carboxylic acid groups (broad SMARTS) is 1. The Morgan fingerprint density at radius 3 is 2.71 bits per heavy atom. The fourth-order valence-electron chi connectivity index (χ4n) is 1.26. The first-order valence-corrected chi connectivity index (χ1v) is 4.95. The third-order valence-electron chi connectivity index (χ3n) is 2.16. The minimum absolute atomic E-state index is 0.125. The van der Waals surface area contributed by atoms with Crippen molar-refractivity contribution in [2.75, 3.05) is 0 Å². The Morgan fingerprint density at radius 2 is 2.12 bits per heavy atom. The summed E-state index contributed by atoms with van der Waals surface area (Å²) < 4.78 is 5.48. The van der Waals surface area contributed by atoms with E-state index in [1.54, 1.807) is 18.3 Å². The van der Waals surface area contributed by atoms with Crippen LogP contribution in [0.2, 0.25) is 0 Å². The number of carbonyl (C=O) groups is 1. The normalized spacial score (nSPS) is 9.94. The van der Waals surface area contributed by atoms with Crippen LogP contribution in [0.3, 0.4) is 0 Å². The second-order valence-electron chi connectivity index (χ2n) is 3.38. The minimum atomic E-state index is -1.01. The average Bonchev–Trinajstić information content (AvgIpc) is 2.33. The molecular formula is C12H10N2O3. The highest BCUT2D eigenvalue weighted by atomic mass is 16.5. The second kappa shape index (κ2) is 4.61. The first-order valence-electron chi connectivity index (χ1n) is 4.95. The summed E-state index contributed by atoms with van der Waals surface area (Å²) in [5.74, 6) is -0.0733. The van der Waals surface area contributed by atoms with Crippen molar-refractivity contribution in [1.29, 1.82) is 0 Å². The quantitative estimate of drug-likeness (QED) is 0.875. The molecule has 0 amide bonds. The Bertz CT molecular complexity index is 538. The summed E-state index contributed by atoms with van der Waals surface area (Å²) >= 11 is 0. The maximum atomic E-state index is 10.6. The van der Waals surface area contributed by atoms with Crippen molar-refractivity contribution in [3.8, 4) is 11.6 Å². The highest BCUT2D eigenvalue weighted by molar-refractivity contribution is 5.87. The average molecular weight is 230 g/mol. The van der Waals surface area contributed by atoms with Crippen LogP contribution in [0, 0.1) is 6.92 Å². The fraction of sp³-hybridized carbons (Fsp3) is 0.0833. The lowest BCUT2D eigenvalue weighted by Gasteiger charge is -2.06. The number of hydrogen-bond donors (Lipinski definition) is 1. The summed E-state index contributed by atoms with van der Waals surface area (Å²) in [5, 5.41) is 8.72. The molecule has 2 aromatic rings. The number of carboxylic acids is 1. The summed E-state index contributed by atoms with van der Waals surface area (Å²) in [4.78, 5) is 18.6. The maximum absolute atomic E-state index is 10.6. The smallest absolute Gasteiger partial charge is 0.337 e. The van der Waals surface area contributed by atoms with Gasteiger partial charge in [0.05, 0.1) is 11.3 Å². The van der Waals surface area contributed by atoms with Gasteiger partial charge in [-0.25, -0.2) is 9.78 Å². The van der Waals surface area contributed by atoms with Gasteiger partial charge in [0.15, 0.2) is 5.75 Å². The van der Waals surface area contributed by atoms with Crippen molar-refractivity contribution in [1.82, 2.24) is 9.97 Å². The molecule has 0 aliphatic rings. The number of rotatable bonds is 3. The van der Waals surface area contributed by atoms with Crippen LogP contribution in [0.4, 0.5) is 0 Å². The zero-order valence-electron chi connectivity index (χ0n) is 9.12. The third kappa shape index (κ3) is 2.57. The third-order valence-corrected chi connectivity index (χ3v) is 2.16. The van der Waals surface area contributed by atoms with Crippen molar-refractivity contribution < 1.29 is 14.6 Å². The van der Waals surface area contributed by atoms with Gasteiger partial charge in [0.1, 0.15) is 0 Å². The van der Waals surface area contributed by atoms with Crippen LogP contribution in [-0.2, 0) is 0 Å². The van der Waals surface area contributed by atoms with Crippen LogP contribution in [0.1, 0.15) is 16.1 Å². The second-order valence-corrected chi connectivity index (χ2v) is 3.38. The summed E-state index contributed by atoms with van der Waals surface area (Å²) in [6.45, 7) is 1.82. The Hall–Kier alpha value is -2.43. The monoisotopic (exact) mass is 230 g/mol. The molecule has 2 aromatic heterocycles. The Kier molecular flexibility index (Phi) is 3.00. The van der Waals surface area contributed by atoms with Crippen LogP contribution in [0.5, 0.6) is 11.6 Å². The standard InChI is InChI=1S/C12H10N2O3/c1-8-10(3-2-6-13-8)17-11-5-4-9(7-14-11)12(15)16/h2-7H,1H3,(H,15,16). The molecule has 2 heterocycles. The molecule has 0 atom stereocenters. The van der Waals surface area contributed by atoms with Crippen molar-refractivity contribution in [3.63, 3.8) is 0 Å². The molecule has 17 heavy (non-hydrogen) atoms. The number of nitrogens with zero attached hydrogens (tertiary/aromatic N) is 2. The number of aromatic carboxylic acids is 1. The van der Waals surface area contributed by atoms with E-state index in [1.807, 2.05) is 6.92 Å². The largest absolute Gasteiger partial charge is 0.478 e. The molecule has 0 aromatic carbocycles. The van der Waals surface area contributed by atoms with E-state index in [2.05, 4.69) is 9.97 Å². The Morgan fingerprint density at radius 1 is 1.29 bits per heavy atom. The molecular weight excluding hydrogens is 220 g/mol. The molecule has 0 aliphatic heterocycles. The summed E-state index contributed by atoms with van der Waals surface area (Å²) in [5.41, 5.74) is 0.872. The zero-order valence-corrected chi connectivity index (χ0v) is 9.12. The topological polar surface area (TPSA) is 72.3 Å². The van der Waals surface area contributed by atoms with Gasteiger partial charge < -0.3 is 9.84 Å². The van der Waals surface area contributed by atoms with Crippen LogP contribution in [0.15, 0.2) is 36.7 Å². The number of ether oxygens (including phenoxy) is 1. The minimum Gasteiger partial charge on any atom is -0.478 e. The van der Waals surface area contributed by atoms with Crippen molar-refractivity contribution in [2.45, 2.75) is 6.92 Å². The summed E-state index contributed by atoms with van der Waals surface area (Å²) in [6, 6.07) is 6.48. The van der Waals surface area contributed by atoms with Gasteiger partial charge in [-0.1, -0.05) is 0 Å². The van der Waals surface area contributed by atoms with E-state index in [9.17, 15) is 4.79 Å². The fourth-order valence-corrected chi connectivity index (χ4v) is 1.26. The van der Waals surface area contributed by atoms with Gasteiger partial charge in [-0.15, -0.1) is 0 Å². The van der Waals surface area contributed by atoms with Gasteiger partial charge in [-0.05, 0) is 25.1 Å². The maximum Gasteiger partial charge on any atom is 0.337 e. The van der Waals surface area contributed by atoms with E-state index in [0.29, 0.717) is 11.6 Å². The van der Waals surface area contributed by atoms with Crippen LogP contribution in [0.25, 0.3) is 0 Å². The molecule has 2 rings (SSSR count). The SMILES string of the molecule is Cc1ncccc1Oc1ccc(C(=O)O)cn1. The zero-order chi connectivity index (χ0) is 12.3. The molecule has 1 N–H and O–H groups in total. The van der Waals surface area contributed by atoms with E-state index in [4.69, 9.17) is 9.84 Å². The first-order chi connectivity index (χ1) is 8.16. The van der Waals surface area contributed by atoms with E-state index in [-0.39, 0.29) is 5.56 Å². The Labute approximate surface area is 97.7 Å². The van der Waals surface area contributed by atoms with Crippen molar-refractivity contribution in [2.24, 2.45) is 0 Å². The van der Waals surface area contributed by atoms with Crippen LogP contribution < -0.4 is 4.74 Å². The first kappa shape index (κ1) is 11.1. The highest BCUT2D eigenvalue weighted by Crippen LogP contribution is 2.21. The number of aryl methyl sites for hydroxylation is 1. The summed E-state index contributed by atoms with van der Waals surface area (Å²) in [7, 11) is 0. The Balaban J connectivity index is 2.20. The lowest BCUT2D eigenvalue weighted by atomic mass is 10.3. The summed E-state index contributed by atoms with van der Waals surface area (Å²) in [6.07, 6.45) is 2.92. The molecule has 0 unspecified atom stereocenters.